The first-order chi connectivity index (χ1) is 9.47. The molecule has 1 heterocycles. The predicted molar refractivity (Wildman–Crippen MR) is 78.4 cm³/mol. The van der Waals surface area contributed by atoms with Gasteiger partial charge in [-0.2, -0.15) is 0 Å². The van der Waals surface area contributed by atoms with Gasteiger partial charge in [-0.3, -0.25) is 4.79 Å². The highest BCUT2D eigenvalue weighted by atomic mass is 16.3. The minimum atomic E-state index is -0.401. The number of furan rings is 1. The molecule has 106 valence electrons. The van der Waals surface area contributed by atoms with Crippen molar-refractivity contribution in [3.8, 4) is 0 Å². The molecule has 1 unspecified atom stereocenters. The van der Waals surface area contributed by atoms with Crippen LogP contribution in [0.5, 0.6) is 0 Å². The van der Waals surface area contributed by atoms with Crippen molar-refractivity contribution in [2.75, 3.05) is 0 Å². The molecule has 0 radical (unpaired) electrons. The standard InChI is InChI=1S/C16H20N2O2/c1-10-8-15(12(3)20-10)11(2)18-9-13-4-6-14(7-5-13)16(17)19/h4-8,11,18H,9H2,1-3H3,(H2,17,19). The molecular weight excluding hydrogens is 252 g/mol. The number of hydrogen-bond acceptors (Lipinski definition) is 3. The predicted octanol–water partition coefficient (Wildman–Crippen LogP) is 2.85. The molecule has 20 heavy (non-hydrogen) atoms. The Morgan fingerprint density at radius 2 is 1.95 bits per heavy atom. The fourth-order valence-corrected chi connectivity index (χ4v) is 2.25. The number of carbonyl (C=O) groups is 1. The van der Waals surface area contributed by atoms with E-state index < -0.39 is 5.91 Å². The van der Waals surface area contributed by atoms with E-state index in [9.17, 15) is 4.79 Å². The normalized spacial score (nSPS) is 12.3. The molecule has 0 aliphatic carbocycles. The van der Waals surface area contributed by atoms with Crippen LogP contribution in [0.1, 0.15) is 46.0 Å². The zero-order chi connectivity index (χ0) is 14.7. The van der Waals surface area contributed by atoms with Crippen LogP contribution in [0, 0.1) is 13.8 Å². The Kier molecular flexibility index (Phi) is 4.25. The van der Waals surface area contributed by atoms with E-state index in [1.165, 1.54) is 5.56 Å². The van der Waals surface area contributed by atoms with Gasteiger partial charge in [-0.1, -0.05) is 12.1 Å². The number of carbonyl (C=O) groups excluding carboxylic acids is 1. The zero-order valence-electron chi connectivity index (χ0n) is 12.1. The summed E-state index contributed by atoms with van der Waals surface area (Å²) in [5, 5.41) is 3.44. The molecule has 0 saturated heterocycles. The second-order valence-electron chi connectivity index (χ2n) is 5.03. The van der Waals surface area contributed by atoms with Crippen LogP contribution < -0.4 is 11.1 Å². The molecular formula is C16H20N2O2. The molecule has 0 fully saturated rings. The van der Waals surface area contributed by atoms with Crippen molar-refractivity contribution in [2.45, 2.75) is 33.4 Å². The molecule has 1 amide bonds. The summed E-state index contributed by atoms with van der Waals surface area (Å²) in [7, 11) is 0. The Morgan fingerprint density at radius 1 is 1.30 bits per heavy atom. The van der Waals surface area contributed by atoms with Gasteiger partial charge in [0, 0.05) is 23.7 Å². The van der Waals surface area contributed by atoms with Gasteiger partial charge in [0.1, 0.15) is 11.5 Å². The molecule has 3 N–H and O–H groups in total. The molecule has 1 aromatic heterocycles. The summed E-state index contributed by atoms with van der Waals surface area (Å²) in [5.41, 5.74) is 8.03. The highest BCUT2D eigenvalue weighted by Crippen LogP contribution is 2.21. The fourth-order valence-electron chi connectivity index (χ4n) is 2.25. The summed E-state index contributed by atoms with van der Waals surface area (Å²) >= 11 is 0. The molecule has 2 rings (SSSR count). The van der Waals surface area contributed by atoms with E-state index in [-0.39, 0.29) is 6.04 Å². The summed E-state index contributed by atoms with van der Waals surface area (Å²) in [5.74, 6) is 1.48. The van der Waals surface area contributed by atoms with Crippen LogP contribution >= 0.6 is 0 Å². The van der Waals surface area contributed by atoms with Gasteiger partial charge in [-0.15, -0.1) is 0 Å². The summed E-state index contributed by atoms with van der Waals surface area (Å²) in [6, 6.07) is 9.58. The number of amides is 1. The van der Waals surface area contributed by atoms with Gasteiger partial charge in [0.2, 0.25) is 5.91 Å². The minimum Gasteiger partial charge on any atom is -0.466 e. The number of aryl methyl sites for hydroxylation is 2. The van der Waals surface area contributed by atoms with Crippen molar-refractivity contribution < 1.29 is 9.21 Å². The number of benzene rings is 1. The maximum Gasteiger partial charge on any atom is 0.248 e. The molecule has 4 heteroatoms. The quantitative estimate of drug-likeness (QED) is 0.879. The van der Waals surface area contributed by atoms with Crippen molar-refractivity contribution in [3.05, 3.63) is 58.5 Å². The molecule has 0 aliphatic heterocycles. The molecule has 0 saturated carbocycles. The Morgan fingerprint density at radius 3 is 2.45 bits per heavy atom. The van der Waals surface area contributed by atoms with Crippen molar-refractivity contribution in [2.24, 2.45) is 5.73 Å². The SMILES string of the molecule is Cc1cc(C(C)NCc2ccc(C(N)=O)cc2)c(C)o1. The van der Waals surface area contributed by atoms with Gasteiger partial charge in [0.05, 0.1) is 0 Å². The number of nitrogens with two attached hydrogens (primary N) is 1. The van der Waals surface area contributed by atoms with Crippen LogP contribution in [-0.2, 0) is 6.54 Å². The van der Waals surface area contributed by atoms with Crippen molar-refractivity contribution in [1.29, 1.82) is 0 Å². The molecule has 1 atom stereocenters. The molecule has 0 bridgehead atoms. The topological polar surface area (TPSA) is 68.3 Å². The molecule has 2 aromatic rings. The lowest BCUT2D eigenvalue weighted by atomic mass is 10.1. The lowest BCUT2D eigenvalue weighted by Crippen LogP contribution is -2.18. The minimum absolute atomic E-state index is 0.211. The third-order valence-electron chi connectivity index (χ3n) is 3.40. The Bertz CT molecular complexity index is 599. The third kappa shape index (κ3) is 3.27. The second kappa shape index (κ2) is 5.92. The summed E-state index contributed by atoms with van der Waals surface area (Å²) in [6.07, 6.45) is 0. The molecule has 1 aromatic carbocycles. The monoisotopic (exact) mass is 272 g/mol. The van der Waals surface area contributed by atoms with Gasteiger partial charge in [0.15, 0.2) is 0 Å². The van der Waals surface area contributed by atoms with Crippen LogP contribution in [-0.4, -0.2) is 5.91 Å². The first kappa shape index (κ1) is 14.3. The number of rotatable bonds is 5. The summed E-state index contributed by atoms with van der Waals surface area (Å²) in [4.78, 5) is 11.0. The number of hydrogen-bond donors (Lipinski definition) is 2. The first-order valence-corrected chi connectivity index (χ1v) is 6.66. The summed E-state index contributed by atoms with van der Waals surface area (Å²) < 4.78 is 5.54. The smallest absolute Gasteiger partial charge is 0.248 e. The van der Waals surface area contributed by atoms with Crippen molar-refractivity contribution in [3.63, 3.8) is 0 Å². The van der Waals surface area contributed by atoms with Gasteiger partial charge in [-0.05, 0) is 44.5 Å². The van der Waals surface area contributed by atoms with Crippen molar-refractivity contribution >= 4 is 5.91 Å². The Hall–Kier alpha value is -2.07. The maximum absolute atomic E-state index is 11.0. The van der Waals surface area contributed by atoms with Crippen LogP contribution in [0.4, 0.5) is 0 Å². The highest BCUT2D eigenvalue weighted by molar-refractivity contribution is 5.92. The number of primary amides is 1. The van der Waals surface area contributed by atoms with E-state index in [2.05, 4.69) is 18.3 Å². The third-order valence-corrected chi connectivity index (χ3v) is 3.40. The van der Waals surface area contributed by atoms with Crippen LogP contribution in [0.15, 0.2) is 34.7 Å². The fraction of sp³-hybridized carbons (Fsp3) is 0.312. The average molecular weight is 272 g/mol. The Balaban J connectivity index is 1.98. The van der Waals surface area contributed by atoms with Gasteiger partial charge in [0.25, 0.3) is 0 Å². The maximum atomic E-state index is 11.0. The van der Waals surface area contributed by atoms with Crippen LogP contribution in [0.2, 0.25) is 0 Å². The Labute approximate surface area is 119 Å². The highest BCUT2D eigenvalue weighted by Gasteiger charge is 2.12. The number of nitrogens with one attached hydrogen (secondary N) is 1. The average Bonchev–Trinajstić information content (AvgIpc) is 2.75. The van der Waals surface area contributed by atoms with Crippen molar-refractivity contribution in [1.82, 2.24) is 5.32 Å². The van der Waals surface area contributed by atoms with Crippen LogP contribution in [0.3, 0.4) is 0 Å². The molecule has 0 spiro atoms. The van der Waals surface area contributed by atoms with E-state index >= 15 is 0 Å². The van der Waals surface area contributed by atoms with E-state index in [4.69, 9.17) is 10.2 Å². The van der Waals surface area contributed by atoms with E-state index in [0.29, 0.717) is 5.56 Å². The lowest BCUT2D eigenvalue weighted by Gasteiger charge is -2.13. The van der Waals surface area contributed by atoms with Crippen LogP contribution in [0.25, 0.3) is 0 Å². The summed E-state index contributed by atoms with van der Waals surface area (Å²) in [6.45, 7) is 6.76. The van der Waals surface area contributed by atoms with Gasteiger partial charge >= 0.3 is 0 Å². The van der Waals surface area contributed by atoms with Gasteiger partial charge in [-0.25, -0.2) is 0 Å². The molecule has 0 aliphatic rings. The lowest BCUT2D eigenvalue weighted by molar-refractivity contribution is 0.100. The van der Waals surface area contributed by atoms with E-state index in [1.807, 2.05) is 26.0 Å². The largest absolute Gasteiger partial charge is 0.466 e. The van der Waals surface area contributed by atoms with E-state index in [1.54, 1.807) is 12.1 Å². The molecule has 4 nitrogen and oxygen atoms in total. The zero-order valence-corrected chi connectivity index (χ0v) is 12.1. The first-order valence-electron chi connectivity index (χ1n) is 6.66. The van der Waals surface area contributed by atoms with E-state index in [0.717, 1.165) is 23.6 Å². The second-order valence-corrected chi connectivity index (χ2v) is 5.03. The van der Waals surface area contributed by atoms with Gasteiger partial charge < -0.3 is 15.5 Å².